The van der Waals surface area contributed by atoms with E-state index in [1.54, 1.807) is 0 Å². The molecular weight excluding hydrogens is 256 g/mol. The zero-order chi connectivity index (χ0) is 14.2. The summed E-state index contributed by atoms with van der Waals surface area (Å²) in [5, 5.41) is 21.0. The molecule has 1 aliphatic rings. The number of imidazole rings is 1. The van der Waals surface area contributed by atoms with E-state index in [1.807, 2.05) is 35.8 Å². The molecule has 1 saturated heterocycles. The largest absolute Gasteiger partial charge is 0.388 e. The maximum atomic E-state index is 10.5. The highest BCUT2D eigenvalue weighted by Crippen LogP contribution is 2.26. The van der Waals surface area contributed by atoms with Gasteiger partial charge in [0.15, 0.2) is 0 Å². The Balaban J connectivity index is 1.87. The van der Waals surface area contributed by atoms with Crippen LogP contribution in [0.4, 0.5) is 0 Å². The molecule has 1 atom stereocenters. The number of aromatic nitrogens is 2. The van der Waals surface area contributed by atoms with E-state index >= 15 is 0 Å². The molecule has 20 heavy (non-hydrogen) atoms. The van der Waals surface area contributed by atoms with Crippen molar-refractivity contribution in [1.82, 2.24) is 9.55 Å². The summed E-state index contributed by atoms with van der Waals surface area (Å²) in [7, 11) is 0. The van der Waals surface area contributed by atoms with Crippen molar-refractivity contribution in [1.29, 1.82) is 0 Å². The van der Waals surface area contributed by atoms with Gasteiger partial charge in [-0.25, -0.2) is 4.98 Å². The average Bonchev–Trinajstić information content (AvgIpc) is 2.76. The number of rotatable bonds is 3. The first-order valence-electron chi connectivity index (χ1n) is 7.00. The van der Waals surface area contributed by atoms with Gasteiger partial charge in [-0.3, -0.25) is 0 Å². The summed E-state index contributed by atoms with van der Waals surface area (Å²) in [5.41, 5.74) is 0.839. The van der Waals surface area contributed by atoms with Gasteiger partial charge in [0.25, 0.3) is 0 Å². The van der Waals surface area contributed by atoms with Crippen LogP contribution >= 0.6 is 0 Å². The fourth-order valence-corrected chi connectivity index (χ4v) is 2.83. The Morgan fingerprint density at radius 2 is 2.05 bits per heavy atom. The zero-order valence-electron chi connectivity index (χ0n) is 11.6. The van der Waals surface area contributed by atoms with Crippen LogP contribution < -0.4 is 0 Å². The van der Waals surface area contributed by atoms with E-state index in [-0.39, 0.29) is 0 Å². The van der Waals surface area contributed by atoms with Gasteiger partial charge in [0.1, 0.15) is 11.9 Å². The summed E-state index contributed by atoms with van der Waals surface area (Å²) in [6, 6.07) is 7.83. The Morgan fingerprint density at radius 1 is 1.35 bits per heavy atom. The van der Waals surface area contributed by atoms with Crippen molar-refractivity contribution < 1.29 is 14.9 Å². The van der Waals surface area contributed by atoms with Crippen LogP contribution in [-0.2, 0) is 11.3 Å². The predicted molar refractivity (Wildman–Crippen MR) is 75.5 cm³/mol. The molecular formula is C15H20N2O3. The number of hydrogen-bond acceptors (Lipinski definition) is 4. The molecule has 0 amide bonds. The fraction of sp³-hybridized carbons (Fsp3) is 0.533. The highest BCUT2D eigenvalue weighted by atomic mass is 16.5. The number of aliphatic hydroxyl groups excluding tert-OH is 1. The maximum absolute atomic E-state index is 10.5. The smallest absolute Gasteiger partial charge is 0.106 e. The minimum Gasteiger partial charge on any atom is -0.388 e. The first-order chi connectivity index (χ1) is 9.60. The molecule has 0 radical (unpaired) electrons. The Bertz CT molecular complexity index is 602. The molecule has 2 N–H and O–H groups in total. The van der Waals surface area contributed by atoms with Gasteiger partial charge in [-0.1, -0.05) is 12.1 Å². The summed E-state index contributed by atoms with van der Waals surface area (Å²) >= 11 is 0. The van der Waals surface area contributed by atoms with Crippen molar-refractivity contribution in [3.63, 3.8) is 0 Å². The van der Waals surface area contributed by atoms with Crippen molar-refractivity contribution in [2.24, 2.45) is 0 Å². The minimum absolute atomic E-state index is 0.350. The molecule has 3 rings (SSSR count). The minimum atomic E-state index is -1.06. The Labute approximate surface area is 117 Å². The van der Waals surface area contributed by atoms with Gasteiger partial charge in [0.2, 0.25) is 0 Å². The average molecular weight is 276 g/mol. The van der Waals surface area contributed by atoms with Crippen LogP contribution in [-0.4, -0.2) is 44.7 Å². The molecule has 5 heteroatoms. The summed E-state index contributed by atoms with van der Waals surface area (Å²) in [6.07, 6.45) is 0.127. The van der Waals surface area contributed by atoms with Gasteiger partial charge in [-0.05, 0) is 19.1 Å². The van der Waals surface area contributed by atoms with Gasteiger partial charge in [-0.15, -0.1) is 0 Å². The number of ether oxygens (including phenoxy) is 1. The van der Waals surface area contributed by atoms with Crippen LogP contribution in [0.15, 0.2) is 24.3 Å². The normalized spacial score (nSPS) is 20.1. The van der Waals surface area contributed by atoms with E-state index in [4.69, 9.17) is 4.74 Å². The molecule has 2 heterocycles. The summed E-state index contributed by atoms with van der Waals surface area (Å²) in [5.74, 6) is 0.848. The summed E-state index contributed by atoms with van der Waals surface area (Å²) < 4.78 is 7.22. The second kappa shape index (κ2) is 5.16. The molecule has 1 aromatic heterocycles. The molecule has 0 aliphatic carbocycles. The number of aliphatic hydroxyl groups is 2. The Hall–Kier alpha value is -1.43. The van der Waals surface area contributed by atoms with Crippen molar-refractivity contribution in [3.8, 4) is 0 Å². The second-order valence-electron chi connectivity index (χ2n) is 5.49. The maximum Gasteiger partial charge on any atom is 0.106 e. The number of fused-ring (bicyclic) bond motifs is 1. The highest BCUT2D eigenvalue weighted by molar-refractivity contribution is 5.75. The van der Waals surface area contributed by atoms with Crippen LogP contribution in [0, 0.1) is 6.92 Å². The Kier molecular flexibility index (Phi) is 3.50. The lowest BCUT2D eigenvalue weighted by Gasteiger charge is -2.36. The molecule has 5 nitrogen and oxygen atoms in total. The van der Waals surface area contributed by atoms with E-state index in [0.29, 0.717) is 32.6 Å². The lowest BCUT2D eigenvalue weighted by Crippen LogP contribution is -2.48. The third-order valence-corrected chi connectivity index (χ3v) is 4.18. The van der Waals surface area contributed by atoms with Crippen LogP contribution in [0.25, 0.3) is 11.0 Å². The van der Waals surface area contributed by atoms with E-state index in [2.05, 4.69) is 4.98 Å². The lowest BCUT2D eigenvalue weighted by molar-refractivity contribution is -0.135. The van der Waals surface area contributed by atoms with Gasteiger partial charge in [-0.2, -0.15) is 0 Å². The molecule has 1 aliphatic heterocycles. The first kappa shape index (κ1) is 13.5. The third-order valence-electron chi connectivity index (χ3n) is 4.18. The van der Waals surface area contributed by atoms with Crippen molar-refractivity contribution in [2.75, 3.05) is 13.2 Å². The summed E-state index contributed by atoms with van der Waals surface area (Å²) in [6.45, 7) is 3.26. The zero-order valence-corrected chi connectivity index (χ0v) is 11.6. The van der Waals surface area contributed by atoms with E-state index < -0.39 is 11.7 Å². The van der Waals surface area contributed by atoms with E-state index in [9.17, 15) is 10.2 Å². The molecule has 1 aromatic carbocycles. The van der Waals surface area contributed by atoms with Crippen molar-refractivity contribution in [2.45, 2.75) is 38.0 Å². The molecule has 1 fully saturated rings. The molecule has 0 saturated carbocycles. The first-order valence-corrected chi connectivity index (χ1v) is 7.00. The van der Waals surface area contributed by atoms with Crippen molar-refractivity contribution in [3.05, 3.63) is 30.1 Å². The molecule has 1 unspecified atom stereocenters. The Morgan fingerprint density at radius 3 is 2.80 bits per heavy atom. The second-order valence-corrected chi connectivity index (χ2v) is 5.49. The van der Waals surface area contributed by atoms with Gasteiger partial charge in [0.05, 0.1) is 23.2 Å². The van der Waals surface area contributed by atoms with Crippen LogP contribution in [0.5, 0.6) is 0 Å². The molecule has 2 aromatic rings. The highest BCUT2D eigenvalue weighted by Gasteiger charge is 2.37. The van der Waals surface area contributed by atoms with Crippen LogP contribution in [0.2, 0.25) is 0 Å². The molecule has 0 spiro atoms. The van der Waals surface area contributed by atoms with Gasteiger partial charge in [0, 0.05) is 26.1 Å². The third kappa shape index (κ3) is 2.32. The number of para-hydroxylation sites is 2. The monoisotopic (exact) mass is 276 g/mol. The van der Waals surface area contributed by atoms with Crippen LogP contribution in [0.1, 0.15) is 18.7 Å². The molecule has 0 bridgehead atoms. The lowest BCUT2D eigenvalue weighted by atomic mass is 9.88. The number of aryl methyl sites for hydroxylation is 1. The summed E-state index contributed by atoms with van der Waals surface area (Å²) in [4.78, 5) is 4.48. The van der Waals surface area contributed by atoms with Gasteiger partial charge >= 0.3 is 0 Å². The van der Waals surface area contributed by atoms with Crippen molar-refractivity contribution >= 4 is 11.0 Å². The predicted octanol–water partition coefficient (Wildman–Crippen LogP) is 1.25. The van der Waals surface area contributed by atoms with Crippen LogP contribution in [0.3, 0.4) is 0 Å². The SMILES string of the molecule is Cc1nc2ccccc2n1CC(O)C1(O)CCOCC1. The van der Waals surface area contributed by atoms with E-state index in [0.717, 1.165) is 16.9 Å². The number of hydrogen-bond donors (Lipinski definition) is 2. The van der Waals surface area contributed by atoms with Gasteiger partial charge < -0.3 is 19.5 Å². The topological polar surface area (TPSA) is 67.5 Å². The number of benzene rings is 1. The quantitative estimate of drug-likeness (QED) is 0.885. The standard InChI is InChI=1S/C15H20N2O3/c1-11-16-12-4-2-3-5-13(12)17(11)10-14(18)15(19)6-8-20-9-7-15/h2-5,14,18-19H,6-10H2,1H3. The molecule has 108 valence electrons. The fourth-order valence-electron chi connectivity index (χ4n) is 2.83. The van der Waals surface area contributed by atoms with E-state index in [1.165, 1.54) is 0 Å². The number of nitrogens with zero attached hydrogens (tertiary/aromatic N) is 2.